The lowest BCUT2D eigenvalue weighted by molar-refractivity contribution is 0.201. The molecule has 3 nitrogen and oxygen atoms in total. The third kappa shape index (κ3) is 2.73. The maximum Gasteiger partial charge on any atom is 0.146 e. The minimum Gasteiger partial charge on any atom is -0.328 e. The zero-order valence-electron chi connectivity index (χ0n) is 8.69. The third-order valence-corrected chi connectivity index (χ3v) is 2.84. The molecule has 0 spiro atoms. The Hall–Kier alpha value is -1.00. The Labute approximate surface area is 89.1 Å². The van der Waals surface area contributed by atoms with Gasteiger partial charge in [0.05, 0.1) is 5.69 Å². The summed E-state index contributed by atoms with van der Waals surface area (Å²) in [5.74, 6) is -0.215. The molecular formula is C11H16FN3. The van der Waals surface area contributed by atoms with E-state index in [1.165, 1.54) is 6.07 Å². The second kappa shape index (κ2) is 4.68. The SMILES string of the molecule is NC1CCN(Cc2ncccc2F)CC1. The van der Waals surface area contributed by atoms with Crippen molar-refractivity contribution in [3.63, 3.8) is 0 Å². The van der Waals surface area contributed by atoms with Crippen LogP contribution in [0.3, 0.4) is 0 Å². The molecule has 82 valence electrons. The number of piperidine rings is 1. The summed E-state index contributed by atoms with van der Waals surface area (Å²) in [5.41, 5.74) is 6.34. The summed E-state index contributed by atoms with van der Waals surface area (Å²) < 4.78 is 13.3. The second-order valence-corrected chi connectivity index (χ2v) is 4.05. The van der Waals surface area contributed by atoms with Crippen LogP contribution in [0.2, 0.25) is 0 Å². The maximum absolute atomic E-state index is 13.3. The van der Waals surface area contributed by atoms with Gasteiger partial charge in [0.2, 0.25) is 0 Å². The van der Waals surface area contributed by atoms with E-state index in [1.54, 1.807) is 12.3 Å². The highest BCUT2D eigenvalue weighted by Gasteiger charge is 2.17. The lowest BCUT2D eigenvalue weighted by atomic mass is 10.1. The summed E-state index contributed by atoms with van der Waals surface area (Å²) in [6, 6.07) is 3.39. The Morgan fingerprint density at radius 3 is 2.87 bits per heavy atom. The first-order valence-corrected chi connectivity index (χ1v) is 5.33. The van der Waals surface area contributed by atoms with E-state index in [2.05, 4.69) is 9.88 Å². The smallest absolute Gasteiger partial charge is 0.146 e. The minimum absolute atomic E-state index is 0.215. The molecule has 0 amide bonds. The zero-order chi connectivity index (χ0) is 10.7. The monoisotopic (exact) mass is 209 g/mol. The number of nitrogens with zero attached hydrogens (tertiary/aromatic N) is 2. The van der Waals surface area contributed by atoms with Crippen molar-refractivity contribution in [2.75, 3.05) is 13.1 Å². The van der Waals surface area contributed by atoms with Gasteiger partial charge in [0.25, 0.3) is 0 Å². The molecule has 1 fully saturated rings. The average molecular weight is 209 g/mol. The van der Waals surface area contributed by atoms with E-state index >= 15 is 0 Å². The van der Waals surface area contributed by atoms with E-state index in [-0.39, 0.29) is 5.82 Å². The Bertz CT molecular complexity index is 321. The lowest BCUT2D eigenvalue weighted by Crippen LogP contribution is -2.39. The number of aromatic nitrogens is 1. The Morgan fingerprint density at radius 1 is 1.47 bits per heavy atom. The Balaban J connectivity index is 1.95. The molecule has 1 aliphatic rings. The summed E-state index contributed by atoms with van der Waals surface area (Å²) in [7, 11) is 0. The summed E-state index contributed by atoms with van der Waals surface area (Å²) in [5, 5.41) is 0. The van der Waals surface area contributed by atoms with Crippen molar-refractivity contribution in [2.45, 2.75) is 25.4 Å². The van der Waals surface area contributed by atoms with Gasteiger partial charge in [0, 0.05) is 31.9 Å². The van der Waals surface area contributed by atoms with Gasteiger partial charge in [-0.1, -0.05) is 0 Å². The molecule has 2 heterocycles. The normalized spacial score (nSPS) is 19.3. The standard InChI is InChI=1S/C11H16FN3/c12-10-2-1-5-14-11(10)8-15-6-3-9(13)4-7-15/h1-2,5,9H,3-4,6-8,13H2. The molecule has 0 unspecified atom stereocenters. The number of hydrogen-bond acceptors (Lipinski definition) is 3. The van der Waals surface area contributed by atoms with Crippen LogP contribution in [0.1, 0.15) is 18.5 Å². The van der Waals surface area contributed by atoms with Gasteiger partial charge in [-0.05, 0) is 25.0 Å². The second-order valence-electron chi connectivity index (χ2n) is 4.05. The van der Waals surface area contributed by atoms with Gasteiger partial charge in [-0.15, -0.1) is 0 Å². The summed E-state index contributed by atoms with van der Waals surface area (Å²) >= 11 is 0. The van der Waals surface area contributed by atoms with Crippen molar-refractivity contribution in [1.29, 1.82) is 0 Å². The number of pyridine rings is 1. The van der Waals surface area contributed by atoms with Crippen molar-refractivity contribution >= 4 is 0 Å². The fourth-order valence-corrected chi connectivity index (χ4v) is 1.86. The summed E-state index contributed by atoms with van der Waals surface area (Å²) in [6.07, 6.45) is 3.62. The summed E-state index contributed by atoms with van der Waals surface area (Å²) in [6.45, 7) is 2.48. The molecule has 0 atom stereocenters. The molecule has 2 rings (SSSR count). The van der Waals surface area contributed by atoms with Crippen LogP contribution >= 0.6 is 0 Å². The molecule has 0 radical (unpaired) electrons. The van der Waals surface area contributed by atoms with Crippen LogP contribution in [-0.4, -0.2) is 29.0 Å². The molecule has 4 heteroatoms. The highest BCUT2D eigenvalue weighted by Crippen LogP contribution is 2.12. The van der Waals surface area contributed by atoms with E-state index in [0.29, 0.717) is 18.3 Å². The van der Waals surface area contributed by atoms with Crippen LogP contribution in [0.25, 0.3) is 0 Å². The first kappa shape index (κ1) is 10.5. The number of nitrogens with two attached hydrogens (primary N) is 1. The van der Waals surface area contributed by atoms with Gasteiger partial charge in [0.15, 0.2) is 0 Å². The average Bonchev–Trinajstić information content (AvgIpc) is 2.25. The number of likely N-dealkylation sites (tertiary alicyclic amines) is 1. The van der Waals surface area contributed by atoms with Crippen LogP contribution < -0.4 is 5.73 Å². The van der Waals surface area contributed by atoms with Gasteiger partial charge in [-0.25, -0.2) is 4.39 Å². The van der Waals surface area contributed by atoms with Crippen molar-refractivity contribution in [2.24, 2.45) is 5.73 Å². The number of rotatable bonds is 2. The largest absolute Gasteiger partial charge is 0.328 e. The van der Waals surface area contributed by atoms with E-state index in [4.69, 9.17) is 5.73 Å². The molecule has 1 aromatic heterocycles. The van der Waals surface area contributed by atoms with Crippen LogP contribution in [0.4, 0.5) is 4.39 Å². The van der Waals surface area contributed by atoms with E-state index in [9.17, 15) is 4.39 Å². The maximum atomic E-state index is 13.3. The molecule has 0 bridgehead atoms. The van der Waals surface area contributed by atoms with Crippen molar-refractivity contribution in [3.8, 4) is 0 Å². The summed E-state index contributed by atoms with van der Waals surface area (Å²) in [4.78, 5) is 6.25. The topological polar surface area (TPSA) is 42.1 Å². The quantitative estimate of drug-likeness (QED) is 0.794. The van der Waals surface area contributed by atoms with Crippen LogP contribution in [-0.2, 0) is 6.54 Å². The third-order valence-electron chi connectivity index (χ3n) is 2.84. The number of halogens is 1. The van der Waals surface area contributed by atoms with Crippen molar-refractivity contribution < 1.29 is 4.39 Å². The van der Waals surface area contributed by atoms with Gasteiger partial charge in [0.1, 0.15) is 5.82 Å². The van der Waals surface area contributed by atoms with Crippen LogP contribution in [0.5, 0.6) is 0 Å². The van der Waals surface area contributed by atoms with E-state index < -0.39 is 0 Å². The predicted octanol–water partition coefficient (Wildman–Crippen LogP) is 1.14. The van der Waals surface area contributed by atoms with E-state index in [0.717, 1.165) is 25.9 Å². The highest BCUT2D eigenvalue weighted by molar-refractivity contribution is 5.06. The van der Waals surface area contributed by atoms with Crippen LogP contribution in [0, 0.1) is 5.82 Å². The van der Waals surface area contributed by atoms with E-state index in [1.807, 2.05) is 0 Å². The number of hydrogen-bond donors (Lipinski definition) is 1. The molecule has 0 aliphatic carbocycles. The molecule has 1 aromatic rings. The molecule has 1 aliphatic heterocycles. The molecular weight excluding hydrogens is 193 g/mol. The van der Waals surface area contributed by atoms with Gasteiger partial charge >= 0.3 is 0 Å². The first-order valence-electron chi connectivity index (χ1n) is 5.33. The molecule has 0 aromatic carbocycles. The van der Waals surface area contributed by atoms with Gasteiger partial charge in [-0.3, -0.25) is 9.88 Å². The predicted molar refractivity (Wildman–Crippen MR) is 56.7 cm³/mol. The fraction of sp³-hybridized carbons (Fsp3) is 0.545. The molecule has 1 saturated heterocycles. The lowest BCUT2D eigenvalue weighted by Gasteiger charge is -2.29. The van der Waals surface area contributed by atoms with Crippen LogP contribution in [0.15, 0.2) is 18.3 Å². The Kier molecular flexibility index (Phi) is 3.28. The van der Waals surface area contributed by atoms with Crippen molar-refractivity contribution in [3.05, 3.63) is 29.8 Å². The molecule has 15 heavy (non-hydrogen) atoms. The minimum atomic E-state index is -0.215. The highest BCUT2D eigenvalue weighted by atomic mass is 19.1. The molecule has 0 saturated carbocycles. The van der Waals surface area contributed by atoms with Gasteiger partial charge < -0.3 is 5.73 Å². The first-order chi connectivity index (χ1) is 7.25. The molecule has 2 N–H and O–H groups in total. The zero-order valence-corrected chi connectivity index (χ0v) is 8.69. The Morgan fingerprint density at radius 2 is 2.20 bits per heavy atom. The van der Waals surface area contributed by atoms with Crippen molar-refractivity contribution in [1.82, 2.24) is 9.88 Å². The van der Waals surface area contributed by atoms with Gasteiger partial charge in [-0.2, -0.15) is 0 Å². The fourth-order valence-electron chi connectivity index (χ4n) is 1.86.